The predicted molar refractivity (Wildman–Crippen MR) is 59.5 cm³/mol. The zero-order chi connectivity index (χ0) is 11.7. The summed E-state index contributed by atoms with van der Waals surface area (Å²) in [5, 5.41) is 13.2. The first kappa shape index (κ1) is 12.5. The summed E-state index contributed by atoms with van der Waals surface area (Å²) in [5.74, 6) is 0.0384. The van der Waals surface area contributed by atoms with Crippen LogP contribution in [0.25, 0.3) is 0 Å². The standard InChI is InChI=1S/C11H22N2O2/c1-10(2,11(3,4)15)9(14)13-7-5-12-6-8-13/h12,15H,5-8H2,1-4H3. The molecule has 15 heavy (non-hydrogen) atoms. The Kier molecular flexibility index (Phi) is 3.41. The number of amides is 1. The molecule has 1 fully saturated rings. The van der Waals surface area contributed by atoms with Gasteiger partial charge in [0.2, 0.25) is 5.91 Å². The highest BCUT2D eigenvalue weighted by Gasteiger charge is 2.44. The van der Waals surface area contributed by atoms with E-state index in [0.717, 1.165) is 26.2 Å². The molecule has 0 saturated carbocycles. The van der Waals surface area contributed by atoms with Crippen molar-refractivity contribution in [2.24, 2.45) is 5.41 Å². The molecule has 0 aromatic rings. The Morgan fingerprint density at radius 2 is 1.67 bits per heavy atom. The van der Waals surface area contributed by atoms with Crippen LogP contribution in [0, 0.1) is 5.41 Å². The number of nitrogens with zero attached hydrogens (tertiary/aromatic N) is 1. The highest BCUT2D eigenvalue weighted by molar-refractivity contribution is 5.83. The van der Waals surface area contributed by atoms with E-state index >= 15 is 0 Å². The van der Waals surface area contributed by atoms with Gasteiger partial charge in [-0.05, 0) is 27.7 Å². The van der Waals surface area contributed by atoms with Crippen molar-refractivity contribution in [1.82, 2.24) is 10.2 Å². The van der Waals surface area contributed by atoms with Crippen LogP contribution in [0.5, 0.6) is 0 Å². The third kappa shape index (κ3) is 2.49. The van der Waals surface area contributed by atoms with Crippen LogP contribution in [0.3, 0.4) is 0 Å². The predicted octanol–water partition coefficient (Wildman–Crippen LogP) is 0.215. The van der Waals surface area contributed by atoms with Crippen molar-refractivity contribution in [1.29, 1.82) is 0 Å². The number of carbonyl (C=O) groups excluding carboxylic acids is 1. The Hall–Kier alpha value is -0.610. The third-order valence-corrected chi connectivity index (χ3v) is 3.47. The minimum atomic E-state index is -0.991. The summed E-state index contributed by atoms with van der Waals surface area (Å²) in [6.45, 7) is 10.1. The summed E-state index contributed by atoms with van der Waals surface area (Å²) < 4.78 is 0. The minimum Gasteiger partial charge on any atom is -0.389 e. The highest BCUT2D eigenvalue weighted by atomic mass is 16.3. The van der Waals surface area contributed by atoms with Crippen LogP contribution in [0.15, 0.2) is 0 Å². The van der Waals surface area contributed by atoms with Gasteiger partial charge in [0.1, 0.15) is 0 Å². The molecule has 0 bridgehead atoms. The number of piperazine rings is 1. The maximum absolute atomic E-state index is 12.2. The van der Waals surface area contributed by atoms with Crippen LogP contribution in [0.1, 0.15) is 27.7 Å². The zero-order valence-corrected chi connectivity index (χ0v) is 10.1. The van der Waals surface area contributed by atoms with E-state index in [1.165, 1.54) is 0 Å². The number of hydrogen-bond donors (Lipinski definition) is 2. The molecule has 4 heteroatoms. The van der Waals surface area contributed by atoms with Gasteiger partial charge >= 0.3 is 0 Å². The minimum absolute atomic E-state index is 0.0384. The largest absolute Gasteiger partial charge is 0.389 e. The number of rotatable bonds is 2. The number of hydrogen-bond acceptors (Lipinski definition) is 3. The molecule has 0 atom stereocenters. The van der Waals surface area contributed by atoms with E-state index in [-0.39, 0.29) is 5.91 Å². The Morgan fingerprint density at radius 1 is 1.20 bits per heavy atom. The molecule has 2 N–H and O–H groups in total. The SMILES string of the molecule is CC(C)(O)C(C)(C)C(=O)N1CCNCC1. The molecule has 1 aliphatic rings. The molecule has 1 aliphatic heterocycles. The fourth-order valence-corrected chi connectivity index (χ4v) is 1.52. The van der Waals surface area contributed by atoms with Crippen molar-refractivity contribution >= 4 is 5.91 Å². The fourth-order valence-electron chi connectivity index (χ4n) is 1.52. The lowest BCUT2D eigenvalue weighted by Crippen LogP contribution is -2.56. The highest BCUT2D eigenvalue weighted by Crippen LogP contribution is 2.32. The van der Waals surface area contributed by atoms with Gasteiger partial charge in [-0.25, -0.2) is 0 Å². The van der Waals surface area contributed by atoms with E-state index in [1.807, 2.05) is 4.90 Å². The average molecular weight is 214 g/mol. The van der Waals surface area contributed by atoms with E-state index in [9.17, 15) is 9.90 Å². The monoisotopic (exact) mass is 214 g/mol. The molecular weight excluding hydrogens is 192 g/mol. The first-order valence-electron chi connectivity index (χ1n) is 5.49. The quantitative estimate of drug-likeness (QED) is 0.691. The lowest BCUT2D eigenvalue weighted by Gasteiger charge is -2.41. The number of carbonyl (C=O) groups is 1. The molecule has 1 amide bonds. The summed E-state index contributed by atoms with van der Waals surface area (Å²) >= 11 is 0. The zero-order valence-electron chi connectivity index (χ0n) is 10.1. The molecule has 1 saturated heterocycles. The van der Waals surface area contributed by atoms with Crippen molar-refractivity contribution in [2.45, 2.75) is 33.3 Å². The molecule has 0 unspecified atom stereocenters. The second-order valence-corrected chi connectivity index (χ2v) is 5.23. The van der Waals surface area contributed by atoms with Crippen molar-refractivity contribution in [3.8, 4) is 0 Å². The van der Waals surface area contributed by atoms with Crippen molar-refractivity contribution < 1.29 is 9.90 Å². The van der Waals surface area contributed by atoms with Crippen molar-refractivity contribution in [2.75, 3.05) is 26.2 Å². The van der Waals surface area contributed by atoms with Gasteiger partial charge in [-0.1, -0.05) is 0 Å². The van der Waals surface area contributed by atoms with E-state index in [1.54, 1.807) is 27.7 Å². The van der Waals surface area contributed by atoms with E-state index in [4.69, 9.17) is 0 Å². The summed E-state index contributed by atoms with van der Waals surface area (Å²) in [6.07, 6.45) is 0. The smallest absolute Gasteiger partial charge is 0.231 e. The molecule has 0 aromatic heterocycles. The van der Waals surface area contributed by atoms with Gasteiger partial charge in [0.25, 0.3) is 0 Å². The second-order valence-electron chi connectivity index (χ2n) is 5.23. The van der Waals surface area contributed by atoms with Crippen LogP contribution in [-0.4, -0.2) is 47.7 Å². The molecule has 0 aromatic carbocycles. The molecular formula is C11H22N2O2. The van der Waals surface area contributed by atoms with Gasteiger partial charge in [0.05, 0.1) is 11.0 Å². The van der Waals surface area contributed by atoms with Crippen LogP contribution in [0.2, 0.25) is 0 Å². The van der Waals surface area contributed by atoms with Gasteiger partial charge in [-0.15, -0.1) is 0 Å². The van der Waals surface area contributed by atoms with Crippen LogP contribution < -0.4 is 5.32 Å². The first-order chi connectivity index (χ1) is 6.77. The lowest BCUT2D eigenvalue weighted by molar-refractivity contribution is -0.154. The van der Waals surface area contributed by atoms with Gasteiger partial charge in [0.15, 0.2) is 0 Å². The van der Waals surface area contributed by atoms with Gasteiger partial charge in [0, 0.05) is 26.2 Å². The van der Waals surface area contributed by atoms with Gasteiger partial charge in [-0.3, -0.25) is 4.79 Å². The van der Waals surface area contributed by atoms with E-state index < -0.39 is 11.0 Å². The fraction of sp³-hybridized carbons (Fsp3) is 0.909. The van der Waals surface area contributed by atoms with Crippen LogP contribution in [0.4, 0.5) is 0 Å². The Balaban J connectivity index is 2.74. The number of aliphatic hydroxyl groups is 1. The molecule has 4 nitrogen and oxygen atoms in total. The molecule has 0 spiro atoms. The maximum atomic E-state index is 12.2. The lowest BCUT2D eigenvalue weighted by atomic mass is 9.76. The van der Waals surface area contributed by atoms with Crippen molar-refractivity contribution in [3.05, 3.63) is 0 Å². The normalized spacial score (nSPS) is 19.1. The Labute approximate surface area is 91.6 Å². The average Bonchev–Trinajstić information content (AvgIpc) is 2.16. The third-order valence-electron chi connectivity index (χ3n) is 3.47. The molecule has 1 rings (SSSR count). The molecule has 88 valence electrons. The van der Waals surface area contributed by atoms with Gasteiger partial charge < -0.3 is 15.3 Å². The van der Waals surface area contributed by atoms with Crippen LogP contribution in [-0.2, 0) is 4.79 Å². The summed E-state index contributed by atoms with van der Waals surface area (Å²) in [5.41, 5.74) is -1.72. The second kappa shape index (κ2) is 4.10. The number of nitrogens with one attached hydrogen (secondary N) is 1. The first-order valence-corrected chi connectivity index (χ1v) is 5.49. The molecule has 0 aliphatic carbocycles. The van der Waals surface area contributed by atoms with Crippen LogP contribution >= 0.6 is 0 Å². The van der Waals surface area contributed by atoms with Gasteiger partial charge in [-0.2, -0.15) is 0 Å². The summed E-state index contributed by atoms with van der Waals surface area (Å²) in [4.78, 5) is 14.0. The molecule has 1 heterocycles. The van der Waals surface area contributed by atoms with E-state index in [0.29, 0.717) is 0 Å². The maximum Gasteiger partial charge on any atom is 0.231 e. The summed E-state index contributed by atoms with van der Waals surface area (Å²) in [7, 11) is 0. The Morgan fingerprint density at radius 3 is 2.07 bits per heavy atom. The molecule has 0 radical (unpaired) electrons. The Bertz CT molecular complexity index is 237. The van der Waals surface area contributed by atoms with E-state index in [2.05, 4.69) is 5.32 Å². The topological polar surface area (TPSA) is 52.6 Å². The van der Waals surface area contributed by atoms with Crippen molar-refractivity contribution in [3.63, 3.8) is 0 Å². The summed E-state index contributed by atoms with van der Waals surface area (Å²) in [6, 6.07) is 0.